The van der Waals surface area contributed by atoms with Crippen LogP contribution < -0.4 is 0 Å². The fraction of sp³-hybridized carbons (Fsp3) is 0. The van der Waals surface area contributed by atoms with E-state index in [0.29, 0.717) is 23.4 Å². The Morgan fingerprint density at radius 3 is 1.27 bits per heavy atom. The van der Waals surface area contributed by atoms with E-state index in [2.05, 4.69) is 48.5 Å². The molecular formula is C40H26N4O. The third-order valence-corrected chi connectivity index (χ3v) is 7.78. The Labute approximate surface area is 260 Å². The van der Waals surface area contributed by atoms with Gasteiger partial charge >= 0.3 is 0 Å². The SMILES string of the molecule is c1ccc(-c2nc(-c3ccccc3)nc(-c3ccc(-c4cc(-c5ccccc5)c5nc(-c6ccccc6)oc5c4)cc3)n2)cc1. The Morgan fingerprint density at radius 1 is 0.333 bits per heavy atom. The Kier molecular flexibility index (Phi) is 6.74. The Balaban J connectivity index is 1.22. The quantitative estimate of drug-likeness (QED) is 0.196. The molecule has 45 heavy (non-hydrogen) atoms. The minimum absolute atomic E-state index is 0.605. The van der Waals surface area contributed by atoms with E-state index in [-0.39, 0.29) is 0 Å². The number of fused-ring (bicyclic) bond motifs is 1. The maximum atomic E-state index is 6.34. The lowest BCUT2D eigenvalue weighted by atomic mass is 9.97. The smallest absolute Gasteiger partial charge is 0.227 e. The van der Waals surface area contributed by atoms with Crippen LogP contribution in [0.15, 0.2) is 162 Å². The van der Waals surface area contributed by atoms with Crippen LogP contribution in [0.5, 0.6) is 0 Å². The van der Waals surface area contributed by atoms with Crippen molar-refractivity contribution in [2.45, 2.75) is 0 Å². The van der Waals surface area contributed by atoms with Crippen LogP contribution in [-0.2, 0) is 0 Å². The van der Waals surface area contributed by atoms with Crippen LogP contribution in [0.2, 0.25) is 0 Å². The summed E-state index contributed by atoms with van der Waals surface area (Å²) in [5.74, 6) is 2.51. The molecule has 8 rings (SSSR count). The first-order valence-corrected chi connectivity index (χ1v) is 14.8. The first-order chi connectivity index (χ1) is 22.3. The largest absolute Gasteiger partial charge is 0.436 e. The molecule has 0 saturated heterocycles. The third kappa shape index (κ3) is 5.28. The molecule has 0 bridgehead atoms. The van der Waals surface area contributed by atoms with Crippen molar-refractivity contribution in [3.05, 3.63) is 158 Å². The molecule has 0 radical (unpaired) electrons. The second kappa shape index (κ2) is 11.5. The highest BCUT2D eigenvalue weighted by atomic mass is 16.3. The molecular weight excluding hydrogens is 552 g/mol. The van der Waals surface area contributed by atoms with Crippen molar-refractivity contribution in [1.29, 1.82) is 0 Å². The van der Waals surface area contributed by atoms with Crippen molar-refractivity contribution in [1.82, 2.24) is 19.9 Å². The van der Waals surface area contributed by atoms with E-state index in [9.17, 15) is 0 Å². The van der Waals surface area contributed by atoms with E-state index >= 15 is 0 Å². The monoisotopic (exact) mass is 578 g/mol. The molecule has 0 amide bonds. The molecule has 2 heterocycles. The van der Waals surface area contributed by atoms with Crippen molar-refractivity contribution < 1.29 is 4.42 Å². The first kappa shape index (κ1) is 26.4. The zero-order chi connectivity index (χ0) is 30.0. The van der Waals surface area contributed by atoms with Crippen molar-refractivity contribution >= 4 is 11.1 Å². The zero-order valence-electron chi connectivity index (χ0n) is 24.2. The minimum Gasteiger partial charge on any atom is -0.436 e. The van der Waals surface area contributed by atoms with Crippen molar-refractivity contribution in [3.63, 3.8) is 0 Å². The van der Waals surface area contributed by atoms with Gasteiger partial charge in [-0.3, -0.25) is 0 Å². The van der Waals surface area contributed by atoms with Gasteiger partial charge in [0.05, 0.1) is 0 Å². The molecule has 0 spiro atoms. The number of nitrogens with zero attached hydrogens (tertiary/aromatic N) is 4. The van der Waals surface area contributed by atoms with Gasteiger partial charge in [0.25, 0.3) is 0 Å². The standard InChI is InChI=1S/C40H26N4O/c1-5-13-28(14-6-1)34-25-33(26-35-36(34)41-40(45-35)32-19-11-4-12-20-32)27-21-23-31(24-22-27)39-43-37(29-15-7-2-8-16-29)42-38(44-39)30-17-9-3-10-18-30/h1-26H. The Morgan fingerprint density at radius 2 is 0.756 bits per heavy atom. The van der Waals surface area contributed by atoms with Gasteiger partial charge in [-0.25, -0.2) is 19.9 Å². The lowest BCUT2D eigenvalue weighted by molar-refractivity contribution is 0.620. The second-order valence-corrected chi connectivity index (χ2v) is 10.7. The van der Waals surface area contributed by atoms with Crippen LogP contribution in [0.1, 0.15) is 0 Å². The Bertz CT molecular complexity index is 2170. The fourth-order valence-electron chi connectivity index (χ4n) is 5.49. The van der Waals surface area contributed by atoms with E-state index in [4.69, 9.17) is 24.4 Å². The summed E-state index contributed by atoms with van der Waals surface area (Å²) in [5, 5.41) is 0. The van der Waals surface area contributed by atoms with Gasteiger partial charge in [0, 0.05) is 27.8 Å². The molecule has 6 aromatic carbocycles. The predicted octanol–water partition coefficient (Wildman–Crippen LogP) is 10.0. The summed E-state index contributed by atoms with van der Waals surface area (Å²) >= 11 is 0. The van der Waals surface area contributed by atoms with Gasteiger partial charge in [0.15, 0.2) is 23.1 Å². The van der Waals surface area contributed by atoms with Gasteiger partial charge in [-0.1, -0.05) is 133 Å². The topological polar surface area (TPSA) is 64.7 Å². The molecule has 8 aromatic rings. The van der Waals surface area contributed by atoms with Gasteiger partial charge in [0.1, 0.15) is 5.52 Å². The van der Waals surface area contributed by atoms with Crippen molar-refractivity contribution in [2.24, 2.45) is 0 Å². The fourth-order valence-corrected chi connectivity index (χ4v) is 5.49. The van der Waals surface area contributed by atoms with Crippen LogP contribution in [0, 0.1) is 0 Å². The lowest BCUT2D eigenvalue weighted by Gasteiger charge is -2.10. The van der Waals surface area contributed by atoms with Crippen LogP contribution in [0.3, 0.4) is 0 Å². The molecule has 0 atom stereocenters. The number of hydrogen-bond acceptors (Lipinski definition) is 5. The molecule has 0 aliphatic carbocycles. The van der Waals surface area contributed by atoms with Gasteiger partial charge in [0.2, 0.25) is 5.89 Å². The summed E-state index contributed by atoms with van der Waals surface area (Å²) in [6.07, 6.45) is 0. The summed E-state index contributed by atoms with van der Waals surface area (Å²) in [6.45, 7) is 0. The molecule has 5 heteroatoms. The number of oxazole rings is 1. The van der Waals surface area contributed by atoms with E-state index in [1.54, 1.807) is 0 Å². The van der Waals surface area contributed by atoms with Gasteiger partial charge in [-0.05, 0) is 41.0 Å². The number of aromatic nitrogens is 4. The zero-order valence-corrected chi connectivity index (χ0v) is 24.2. The molecule has 0 saturated carbocycles. The molecule has 0 unspecified atom stereocenters. The normalized spacial score (nSPS) is 11.1. The average molecular weight is 579 g/mol. The number of benzene rings is 6. The lowest BCUT2D eigenvalue weighted by Crippen LogP contribution is -2.00. The van der Waals surface area contributed by atoms with Crippen LogP contribution in [0.25, 0.3) is 79.0 Å². The summed E-state index contributed by atoms with van der Waals surface area (Å²) in [5.41, 5.74) is 9.52. The number of rotatable bonds is 6. The predicted molar refractivity (Wildman–Crippen MR) is 180 cm³/mol. The summed E-state index contributed by atoms with van der Waals surface area (Å²) in [7, 11) is 0. The molecule has 0 aliphatic heterocycles. The first-order valence-electron chi connectivity index (χ1n) is 14.8. The van der Waals surface area contributed by atoms with E-state index < -0.39 is 0 Å². The average Bonchev–Trinajstić information content (AvgIpc) is 3.57. The molecule has 0 aliphatic rings. The highest BCUT2D eigenvalue weighted by Crippen LogP contribution is 2.37. The molecule has 212 valence electrons. The molecule has 0 N–H and O–H groups in total. The summed E-state index contributed by atoms with van der Waals surface area (Å²) in [6, 6.07) is 53.0. The van der Waals surface area contributed by atoms with E-state index in [1.807, 2.05) is 109 Å². The maximum Gasteiger partial charge on any atom is 0.227 e. The summed E-state index contributed by atoms with van der Waals surface area (Å²) < 4.78 is 6.34. The highest BCUT2D eigenvalue weighted by Gasteiger charge is 2.16. The summed E-state index contributed by atoms with van der Waals surface area (Å²) in [4.78, 5) is 19.5. The number of hydrogen-bond donors (Lipinski definition) is 0. The van der Waals surface area contributed by atoms with Gasteiger partial charge < -0.3 is 4.42 Å². The van der Waals surface area contributed by atoms with Crippen molar-refractivity contribution in [2.75, 3.05) is 0 Å². The van der Waals surface area contributed by atoms with E-state index in [1.165, 1.54) is 0 Å². The van der Waals surface area contributed by atoms with Crippen LogP contribution in [-0.4, -0.2) is 19.9 Å². The van der Waals surface area contributed by atoms with Crippen LogP contribution >= 0.6 is 0 Å². The van der Waals surface area contributed by atoms with Gasteiger partial charge in [-0.15, -0.1) is 0 Å². The van der Waals surface area contributed by atoms with Crippen LogP contribution in [0.4, 0.5) is 0 Å². The molecule has 5 nitrogen and oxygen atoms in total. The second-order valence-electron chi connectivity index (χ2n) is 10.7. The van der Waals surface area contributed by atoms with Gasteiger partial charge in [-0.2, -0.15) is 0 Å². The Hall–Kier alpha value is -6.20. The third-order valence-electron chi connectivity index (χ3n) is 7.78. The molecule has 2 aromatic heterocycles. The molecule has 0 fully saturated rings. The highest BCUT2D eigenvalue weighted by molar-refractivity contribution is 5.96. The van der Waals surface area contributed by atoms with Crippen molar-refractivity contribution in [3.8, 4) is 67.9 Å². The minimum atomic E-state index is 0.605. The maximum absolute atomic E-state index is 6.34. The van der Waals surface area contributed by atoms with E-state index in [0.717, 1.165) is 55.6 Å².